The fourth-order valence-electron chi connectivity index (χ4n) is 3.32. The van der Waals surface area contributed by atoms with Crippen LogP contribution in [0.2, 0.25) is 0 Å². The van der Waals surface area contributed by atoms with Gasteiger partial charge in [-0.25, -0.2) is 0 Å². The van der Waals surface area contributed by atoms with Gasteiger partial charge in [0, 0.05) is 10.9 Å². The highest BCUT2D eigenvalue weighted by molar-refractivity contribution is 6.43. The first kappa shape index (κ1) is 16.7. The normalized spacial score (nSPS) is 16.8. The number of furan rings is 1. The monoisotopic (exact) mass is 351 g/mol. The molecule has 6 nitrogen and oxygen atoms in total. The molecule has 1 amide bonds. The lowest BCUT2D eigenvalue weighted by atomic mass is 9.75. The van der Waals surface area contributed by atoms with E-state index < -0.39 is 19.0 Å². The topological polar surface area (TPSA) is 91.9 Å². The summed E-state index contributed by atoms with van der Waals surface area (Å²) in [6, 6.07) is 14.9. The van der Waals surface area contributed by atoms with Crippen LogP contribution in [0.4, 0.5) is 0 Å². The van der Waals surface area contributed by atoms with Gasteiger partial charge < -0.3 is 24.5 Å². The smallest absolute Gasteiger partial charge is 0.475 e. The minimum absolute atomic E-state index is 0.244. The van der Waals surface area contributed by atoms with E-state index in [0.717, 1.165) is 22.1 Å². The molecule has 1 aromatic heterocycles. The molecule has 1 aliphatic heterocycles. The summed E-state index contributed by atoms with van der Waals surface area (Å²) in [7, 11) is -1.69. The lowest BCUT2D eigenvalue weighted by Gasteiger charge is -2.19. The second-order valence-corrected chi connectivity index (χ2v) is 6.39. The van der Waals surface area contributed by atoms with Crippen molar-refractivity contribution in [3.63, 3.8) is 0 Å². The summed E-state index contributed by atoms with van der Waals surface area (Å²) in [4.78, 5) is 12.7. The molecule has 2 atom stereocenters. The zero-order valence-corrected chi connectivity index (χ0v) is 14.0. The van der Waals surface area contributed by atoms with E-state index >= 15 is 0 Å². The average Bonchev–Trinajstić information content (AvgIpc) is 3.25. The molecule has 3 N–H and O–H groups in total. The molecule has 2 heterocycles. The number of hydrogen-bond donors (Lipinski definition) is 3. The van der Waals surface area contributed by atoms with Crippen LogP contribution in [0, 0.1) is 0 Å². The molecule has 2 aromatic carbocycles. The van der Waals surface area contributed by atoms with E-state index in [-0.39, 0.29) is 18.9 Å². The average molecular weight is 351 g/mol. The molecule has 4 rings (SSSR count). The van der Waals surface area contributed by atoms with Gasteiger partial charge in [-0.15, -0.1) is 0 Å². The number of fused-ring (bicyclic) bond motifs is 2. The maximum atomic E-state index is 12.7. The molecule has 26 heavy (non-hydrogen) atoms. The van der Waals surface area contributed by atoms with Crippen molar-refractivity contribution < 1.29 is 24.0 Å². The number of para-hydroxylation sites is 2. The van der Waals surface area contributed by atoms with Gasteiger partial charge in [0.25, 0.3) is 0 Å². The highest BCUT2D eigenvalue weighted by atomic mass is 16.5. The zero-order chi connectivity index (χ0) is 18.1. The Bertz CT molecular complexity index is 938. The quantitative estimate of drug-likeness (QED) is 0.608. The first-order chi connectivity index (χ1) is 12.6. The van der Waals surface area contributed by atoms with Crippen LogP contribution in [0.1, 0.15) is 17.0 Å². The number of amides is 1. The van der Waals surface area contributed by atoms with Crippen LogP contribution in [0.3, 0.4) is 0 Å². The summed E-state index contributed by atoms with van der Waals surface area (Å²) in [5.41, 5.74) is 2.34. The summed E-state index contributed by atoms with van der Waals surface area (Å²) in [6.45, 7) is 0.244. The summed E-state index contributed by atoms with van der Waals surface area (Å²) < 4.78 is 11.0. The number of ether oxygens (including phenoxy) is 1. The third-order valence-corrected chi connectivity index (χ3v) is 4.70. The number of hydrogen-bond acceptors (Lipinski definition) is 5. The molecule has 3 aromatic rings. The van der Waals surface area contributed by atoms with Crippen molar-refractivity contribution in [2.45, 2.75) is 18.3 Å². The van der Waals surface area contributed by atoms with Gasteiger partial charge in [-0.3, -0.25) is 4.79 Å². The molecule has 0 radical (unpaired) electrons. The number of carbonyl (C=O) groups excluding carboxylic acids is 1. The molecule has 0 fully saturated rings. The van der Waals surface area contributed by atoms with E-state index in [1.807, 2.05) is 48.5 Å². The number of carbonyl (C=O) groups is 1. The van der Waals surface area contributed by atoms with Crippen molar-refractivity contribution in [1.82, 2.24) is 5.32 Å². The van der Waals surface area contributed by atoms with Gasteiger partial charge in [0.15, 0.2) is 0 Å². The van der Waals surface area contributed by atoms with E-state index in [4.69, 9.17) is 9.15 Å². The highest BCUT2D eigenvalue weighted by Gasteiger charge is 2.34. The molecule has 7 heteroatoms. The van der Waals surface area contributed by atoms with E-state index in [1.165, 1.54) is 0 Å². The molecular weight excluding hydrogens is 333 g/mol. The van der Waals surface area contributed by atoms with E-state index in [9.17, 15) is 14.8 Å². The van der Waals surface area contributed by atoms with Gasteiger partial charge >= 0.3 is 7.12 Å². The second-order valence-electron chi connectivity index (χ2n) is 6.39. The Morgan fingerprint density at radius 1 is 1.19 bits per heavy atom. The maximum absolute atomic E-state index is 12.7. The van der Waals surface area contributed by atoms with Gasteiger partial charge in [0.05, 0.1) is 12.2 Å². The summed E-state index contributed by atoms with van der Waals surface area (Å²) in [5, 5.41) is 23.1. The van der Waals surface area contributed by atoms with E-state index in [2.05, 4.69) is 5.32 Å². The molecule has 0 spiro atoms. The number of rotatable bonds is 5. The van der Waals surface area contributed by atoms with Crippen molar-refractivity contribution in [1.29, 1.82) is 0 Å². The van der Waals surface area contributed by atoms with Crippen molar-refractivity contribution in [2.24, 2.45) is 0 Å². The van der Waals surface area contributed by atoms with Crippen molar-refractivity contribution in [3.8, 4) is 5.75 Å². The molecule has 2 unspecified atom stereocenters. The third-order valence-electron chi connectivity index (χ3n) is 4.70. The molecule has 0 bridgehead atoms. The van der Waals surface area contributed by atoms with Gasteiger partial charge in [-0.1, -0.05) is 36.4 Å². The van der Waals surface area contributed by atoms with E-state index in [1.54, 1.807) is 6.26 Å². The Balaban J connectivity index is 1.52. The Labute approximate surface area is 150 Å². The van der Waals surface area contributed by atoms with Crippen LogP contribution in [0.5, 0.6) is 5.75 Å². The largest absolute Gasteiger partial charge is 0.492 e. The first-order valence-corrected chi connectivity index (χ1v) is 8.47. The molecule has 0 saturated carbocycles. The van der Waals surface area contributed by atoms with Gasteiger partial charge in [-0.05, 0) is 24.1 Å². The standard InChI is InChI=1S/C19H18BNO5/c22-19(15-11-26-17-8-4-2-6-14(15)17)21-18(20(23)24)9-12-10-25-16-7-3-1-5-13(12)16/h1-8,10,15,18,23-24H,9,11H2,(H,21,22). The predicted octanol–water partition coefficient (Wildman–Crippen LogP) is 1.65. The van der Waals surface area contributed by atoms with Gasteiger partial charge in [0.2, 0.25) is 5.91 Å². The van der Waals surface area contributed by atoms with Crippen LogP contribution in [0.15, 0.2) is 59.2 Å². The number of benzene rings is 2. The Morgan fingerprint density at radius 3 is 2.81 bits per heavy atom. The van der Waals surface area contributed by atoms with Crippen LogP contribution in [-0.4, -0.2) is 35.6 Å². The van der Waals surface area contributed by atoms with Crippen LogP contribution < -0.4 is 10.1 Å². The minimum Gasteiger partial charge on any atom is -0.492 e. The van der Waals surface area contributed by atoms with Crippen molar-refractivity contribution in [3.05, 3.63) is 65.9 Å². The lowest BCUT2D eigenvalue weighted by Crippen LogP contribution is -2.49. The first-order valence-electron chi connectivity index (χ1n) is 8.47. The minimum atomic E-state index is -1.69. The summed E-state index contributed by atoms with van der Waals surface area (Å²) in [5.74, 6) is -0.916. The third kappa shape index (κ3) is 3.07. The molecule has 132 valence electrons. The molecule has 1 aliphatic rings. The fourth-order valence-corrected chi connectivity index (χ4v) is 3.32. The predicted molar refractivity (Wildman–Crippen MR) is 96.7 cm³/mol. The zero-order valence-electron chi connectivity index (χ0n) is 14.0. The van der Waals surface area contributed by atoms with Crippen LogP contribution in [-0.2, 0) is 11.2 Å². The summed E-state index contributed by atoms with van der Waals surface area (Å²) in [6.07, 6.45) is 1.83. The Morgan fingerprint density at radius 2 is 1.96 bits per heavy atom. The maximum Gasteiger partial charge on any atom is 0.475 e. The van der Waals surface area contributed by atoms with Crippen molar-refractivity contribution >= 4 is 24.0 Å². The van der Waals surface area contributed by atoms with Gasteiger partial charge in [-0.2, -0.15) is 0 Å². The lowest BCUT2D eigenvalue weighted by molar-refractivity contribution is -0.123. The Hall–Kier alpha value is -2.77. The van der Waals surface area contributed by atoms with Crippen molar-refractivity contribution in [2.75, 3.05) is 6.61 Å². The highest BCUT2D eigenvalue weighted by Crippen LogP contribution is 2.33. The van der Waals surface area contributed by atoms with Gasteiger partial charge in [0.1, 0.15) is 23.9 Å². The van der Waals surface area contributed by atoms with E-state index in [0.29, 0.717) is 5.75 Å². The molecule has 0 saturated heterocycles. The number of nitrogens with one attached hydrogen (secondary N) is 1. The fraction of sp³-hybridized carbons (Fsp3) is 0.211. The molecular formula is C19H18BNO5. The SMILES string of the molecule is O=C(NC(Cc1coc2ccccc12)B(O)O)C1COc2ccccc21. The second kappa shape index (κ2) is 6.86. The molecule has 0 aliphatic carbocycles. The van der Waals surface area contributed by atoms with Crippen LogP contribution >= 0.6 is 0 Å². The summed E-state index contributed by atoms with van der Waals surface area (Å²) >= 11 is 0. The van der Waals surface area contributed by atoms with Crippen LogP contribution in [0.25, 0.3) is 11.0 Å². The Kier molecular flexibility index (Phi) is 4.40.